The first-order valence-corrected chi connectivity index (χ1v) is 11.9. The standard InChI is InChI=1S/C26H29FN6O/c1-2-17-7-11-19(12-8-17)29-25-28-15-23-24(32-25)33(20-13-9-18(16-34)10-14-20)26(31-23)30-22-6-4-3-5-21(22)27/h3-8,11-12,15,18,20,34H,2,9-10,13-14,16H2,1H3,(H,30,31)(H,28,29,32). The van der Waals surface area contributed by atoms with Crippen molar-refractivity contribution in [3.05, 3.63) is 66.1 Å². The molecule has 34 heavy (non-hydrogen) atoms. The number of anilines is 4. The van der Waals surface area contributed by atoms with Gasteiger partial charge in [0, 0.05) is 18.3 Å². The van der Waals surface area contributed by atoms with Gasteiger partial charge >= 0.3 is 0 Å². The summed E-state index contributed by atoms with van der Waals surface area (Å²) in [5.41, 5.74) is 3.90. The van der Waals surface area contributed by atoms with E-state index in [4.69, 9.17) is 9.97 Å². The van der Waals surface area contributed by atoms with Crippen molar-refractivity contribution >= 4 is 34.4 Å². The van der Waals surface area contributed by atoms with Gasteiger partial charge in [-0.3, -0.25) is 4.57 Å². The minimum atomic E-state index is -0.339. The Balaban J connectivity index is 1.51. The molecule has 1 aliphatic rings. The van der Waals surface area contributed by atoms with E-state index in [0.717, 1.165) is 37.8 Å². The summed E-state index contributed by atoms with van der Waals surface area (Å²) >= 11 is 0. The minimum absolute atomic E-state index is 0.147. The van der Waals surface area contributed by atoms with E-state index in [-0.39, 0.29) is 18.5 Å². The first-order chi connectivity index (χ1) is 16.6. The lowest BCUT2D eigenvalue weighted by molar-refractivity contribution is 0.170. The van der Waals surface area contributed by atoms with Crippen LogP contribution in [-0.2, 0) is 6.42 Å². The number of hydrogen-bond donors (Lipinski definition) is 3. The van der Waals surface area contributed by atoms with Gasteiger partial charge in [-0.1, -0.05) is 31.2 Å². The van der Waals surface area contributed by atoms with E-state index in [0.29, 0.717) is 34.7 Å². The van der Waals surface area contributed by atoms with Crippen LogP contribution in [0.4, 0.5) is 27.7 Å². The molecule has 5 rings (SSSR count). The summed E-state index contributed by atoms with van der Waals surface area (Å²) in [6, 6.07) is 14.9. The zero-order valence-electron chi connectivity index (χ0n) is 19.2. The number of benzene rings is 2. The largest absolute Gasteiger partial charge is 0.396 e. The highest BCUT2D eigenvalue weighted by Crippen LogP contribution is 2.37. The fourth-order valence-electron chi connectivity index (χ4n) is 4.61. The monoisotopic (exact) mass is 460 g/mol. The van der Waals surface area contributed by atoms with Crippen molar-refractivity contribution in [3.8, 4) is 0 Å². The molecule has 2 aromatic carbocycles. The number of fused-ring (bicyclic) bond motifs is 1. The molecule has 2 heterocycles. The Hall–Kier alpha value is -3.52. The second kappa shape index (κ2) is 9.77. The molecule has 0 bridgehead atoms. The topological polar surface area (TPSA) is 87.9 Å². The van der Waals surface area contributed by atoms with E-state index in [2.05, 4.69) is 39.2 Å². The average Bonchev–Trinajstić information content (AvgIpc) is 3.23. The van der Waals surface area contributed by atoms with Crippen LogP contribution in [-0.4, -0.2) is 31.2 Å². The van der Waals surface area contributed by atoms with Crippen molar-refractivity contribution in [2.75, 3.05) is 17.2 Å². The van der Waals surface area contributed by atoms with Gasteiger partial charge in [0.2, 0.25) is 11.9 Å². The summed E-state index contributed by atoms with van der Waals surface area (Å²) in [6.45, 7) is 2.34. The number of aromatic nitrogens is 4. The summed E-state index contributed by atoms with van der Waals surface area (Å²) in [7, 11) is 0. The van der Waals surface area contributed by atoms with Crippen molar-refractivity contribution in [2.24, 2.45) is 5.92 Å². The summed E-state index contributed by atoms with van der Waals surface area (Å²) in [6.07, 6.45) is 6.34. The molecule has 1 aliphatic carbocycles. The highest BCUT2D eigenvalue weighted by molar-refractivity contribution is 5.77. The quantitative estimate of drug-likeness (QED) is 0.326. The lowest BCUT2D eigenvalue weighted by Gasteiger charge is -2.29. The highest BCUT2D eigenvalue weighted by atomic mass is 19.1. The molecule has 176 valence electrons. The number of aryl methyl sites for hydroxylation is 1. The van der Waals surface area contributed by atoms with Crippen LogP contribution < -0.4 is 10.6 Å². The van der Waals surface area contributed by atoms with Gasteiger partial charge in [-0.2, -0.15) is 4.98 Å². The molecular formula is C26H29FN6O. The second-order valence-electron chi connectivity index (χ2n) is 8.85. The number of hydrogen-bond acceptors (Lipinski definition) is 6. The fraction of sp³-hybridized carbons (Fsp3) is 0.346. The van der Waals surface area contributed by atoms with E-state index in [1.54, 1.807) is 24.4 Å². The number of para-hydroxylation sites is 1. The number of nitrogens with one attached hydrogen (secondary N) is 2. The van der Waals surface area contributed by atoms with E-state index in [1.807, 2.05) is 12.1 Å². The van der Waals surface area contributed by atoms with Crippen LogP contribution in [0.2, 0.25) is 0 Å². The van der Waals surface area contributed by atoms with E-state index >= 15 is 0 Å². The van der Waals surface area contributed by atoms with Crippen LogP contribution in [0.25, 0.3) is 11.2 Å². The van der Waals surface area contributed by atoms with Crippen molar-refractivity contribution in [1.82, 2.24) is 19.5 Å². The molecule has 0 spiro atoms. The Morgan fingerprint density at radius 3 is 2.47 bits per heavy atom. The van der Waals surface area contributed by atoms with Crippen LogP contribution in [0.1, 0.15) is 44.2 Å². The average molecular weight is 461 g/mol. The van der Waals surface area contributed by atoms with E-state index < -0.39 is 0 Å². The molecule has 0 atom stereocenters. The van der Waals surface area contributed by atoms with Gasteiger partial charge < -0.3 is 15.7 Å². The molecule has 1 saturated carbocycles. The van der Waals surface area contributed by atoms with Gasteiger partial charge in [0.05, 0.1) is 11.9 Å². The third-order valence-electron chi connectivity index (χ3n) is 6.61. The van der Waals surface area contributed by atoms with Gasteiger partial charge in [-0.25, -0.2) is 14.4 Å². The van der Waals surface area contributed by atoms with E-state index in [1.165, 1.54) is 11.6 Å². The lowest BCUT2D eigenvalue weighted by atomic mass is 9.86. The number of aliphatic hydroxyl groups is 1. The molecule has 3 N–H and O–H groups in total. The van der Waals surface area contributed by atoms with Crippen LogP contribution >= 0.6 is 0 Å². The molecule has 2 aromatic heterocycles. The Bertz CT molecular complexity index is 1260. The van der Waals surface area contributed by atoms with Crippen LogP contribution in [0.5, 0.6) is 0 Å². The number of halogens is 1. The molecule has 0 unspecified atom stereocenters. The Kier molecular flexibility index (Phi) is 6.40. The van der Waals surface area contributed by atoms with E-state index in [9.17, 15) is 9.50 Å². The maximum atomic E-state index is 14.4. The Morgan fingerprint density at radius 2 is 1.76 bits per heavy atom. The first kappa shape index (κ1) is 22.3. The molecule has 0 radical (unpaired) electrons. The van der Waals surface area contributed by atoms with Gasteiger partial charge in [0.15, 0.2) is 5.65 Å². The summed E-state index contributed by atoms with van der Waals surface area (Å²) in [5.74, 6) is 1.02. The molecule has 0 amide bonds. The van der Waals surface area contributed by atoms with Gasteiger partial charge in [0.25, 0.3) is 0 Å². The molecule has 0 aliphatic heterocycles. The SMILES string of the molecule is CCc1ccc(Nc2ncc3nc(Nc4ccccc4F)n(C4CCC(CO)CC4)c3n2)cc1. The highest BCUT2D eigenvalue weighted by Gasteiger charge is 2.27. The van der Waals surface area contributed by atoms with Crippen molar-refractivity contribution in [1.29, 1.82) is 0 Å². The molecule has 0 saturated heterocycles. The van der Waals surface area contributed by atoms with Crippen molar-refractivity contribution in [2.45, 2.75) is 45.1 Å². The number of imidazole rings is 1. The maximum Gasteiger partial charge on any atom is 0.229 e. The predicted octanol–water partition coefficient (Wildman–Crippen LogP) is 5.74. The maximum absolute atomic E-state index is 14.4. The molecular weight excluding hydrogens is 431 g/mol. The minimum Gasteiger partial charge on any atom is -0.396 e. The van der Waals surface area contributed by atoms with Crippen LogP contribution in [0, 0.1) is 11.7 Å². The fourth-order valence-corrected chi connectivity index (χ4v) is 4.61. The lowest BCUT2D eigenvalue weighted by Crippen LogP contribution is -2.21. The van der Waals surface area contributed by atoms with Gasteiger partial charge in [-0.15, -0.1) is 0 Å². The van der Waals surface area contributed by atoms with Gasteiger partial charge in [-0.05, 0) is 67.9 Å². The Morgan fingerprint density at radius 1 is 1.00 bits per heavy atom. The summed E-state index contributed by atoms with van der Waals surface area (Å²) in [4.78, 5) is 14.0. The smallest absolute Gasteiger partial charge is 0.229 e. The summed E-state index contributed by atoms with van der Waals surface area (Å²) < 4.78 is 16.5. The first-order valence-electron chi connectivity index (χ1n) is 11.9. The van der Waals surface area contributed by atoms with Crippen molar-refractivity contribution < 1.29 is 9.50 Å². The predicted molar refractivity (Wildman–Crippen MR) is 132 cm³/mol. The molecule has 8 heteroatoms. The number of nitrogens with zero attached hydrogens (tertiary/aromatic N) is 4. The molecule has 1 fully saturated rings. The second-order valence-corrected chi connectivity index (χ2v) is 8.85. The zero-order chi connectivity index (χ0) is 23.5. The summed E-state index contributed by atoms with van der Waals surface area (Å²) in [5, 5.41) is 16.0. The van der Waals surface area contributed by atoms with Crippen LogP contribution in [0.3, 0.4) is 0 Å². The van der Waals surface area contributed by atoms with Crippen molar-refractivity contribution in [3.63, 3.8) is 0 Å². The Labute approximate surface area is 198 Å². The van der Waals surface area contributed by atoms with Gasteiger partial charge in [0.1, 0.15) is 11.3 Å². The third kappa shape index (κ3) is 4.59. The third-order valence-corrected chi connectivity index (χ3v) is 6.61. The number of rotatable bonds is 7. The number of aliphatic hydroxyl groups excluding tert-OH is 1. The van der Waals surface area contributed by atoms with Crippen LogP contribution in [0.15, 0.2) is 54.7 Å². The zero-order valence-corrected chi connectivity index (χ0v) is 19.2. The molecule has 4 aromatic rings. The normalized spacial score (nSPS) is 18.2. The molecule has 7 nitrogen and oxygen atoms in total.